The van der Waals surface area contributed by atoms with E-state index in [2.05, 4.69) is 5.32 Å². The van der Waals surface area contributed by atoms with Gasteiger partial charge in [-0.15, -0.1) is 0 Å². The molecule has 5 nitrogen and oxygen atoms in total. The van der Waals surface area contributed by atoms with Crippen molar-refractivity contribution in [3.05, 3.63) is 103 Å². The topological polar surface area (TPSA) is 65.7 Å². The molecule has 0 amide bonds. The smallest absolute Gasteiger partial charge is 0.159 e. The fourth-order valence-corrected chi connectivity index (χ4v) is 2.74. The Morgan fingerprint density at radius 2 is 1.00 bits per heavy atom. The molecule has 0 heterocycles. The third-order valence-electron chi connectivity index (χ3n) is 4.29. The summed E-state index contributed by atoms with van der Waals surface area (Å²) < 4.78 is 17.3. The van der Waals surface area contributed by atoms with Crippen molar-refractivity contribution in [1.82, 2.24) is 0 Å². The Kier molecular flexibility index (Phi) is 6.01. The van der Waals surface area contributed by atoms with E-state index in [0.717, 1.165) is 34.4 Å². The summed E-state index contributed by atoms with van der Waals surface area (Å²) in [5, 5.41) is 3.22. The molecule has 0 spiro atoms. The van der Waals surface area contributed by atoms with Gasteiger partial charge in [0.05, 0.1) is 0 Å². The van der Waals surface area contributed by atoms with Crippen molar-refractivity contribution < 1.29 is 14.2 Å². The van der Waals surface area contributed by atoms with E-state index in [1.165, 1.54) is 0 Å². The van der Waals surface area contributed by atoms with Gasteiger partial charge in [0.25, 0.3) is 0 Å². The van der Waals surface area contributed by atoms with Crippen LogP contribution in [0.1, 0.15) is 0 Å². The van der Waals surface area contributed by atoms with Crippen molar-refractivity contribution in [2.75, 3.05) is 17.8 Å². The molecule has 0 radical (unpaired) electrons. The molecule has 4 rings (SSSR count). The molecule has 0 aliphatic rings. The van der Waals surface area contributed by atoms with E-state index in [4.69, 9.17) is 19.9 Å². The number of hydrogen-bond acceptors (Lipinski definition) is 5. The van der Waals surface area contributed by atoms with Crippen molar-refractivity contribution in [2.45, 2.75) is 0 Å². The Bertz CT molecular complexity index is 1050. The molecule has 0 aliphatic carbocycles. The van der Waals surface area contributed by atoms with Crippen molar-refractivity contribution >= 4 is 11.4 Å². The first-order valence-corrected chi connectivity index (χ1v) is 9.58. The van der Waals surface area contributed by atoms with E-state index in [-0.39, 0.29) is 0 Å². The molecule has 0 aromatic heterocycles. The highest BCUT2D eigenvalue weighted by Crippen LogP contribution is 2.27. The Labute approximate surface area is 175 Å². The zero-order valence-corrected chi connectivity index (χ0v) is 16.3. The number of nitrogen functional groups attached to an aromatic ring is 1. The van der Waals surface area contributed by atoms with Crippen LogP contribution >= 0.6 is 0 Å². The van der Waals surface area contributed by atoms with Crippen LogP contribution in [0.2, 0.25) is 0 Å². The predicted octanol–water partition coefficient (Wildman–Crippen LogP) is 6.30. The maximum atomic E-state index is 5.90. The van der Waals surface area contributed by atoms with E-state index < -0.39 is 0 Å². The lowest BCUT2D eigenvalue weighted by Gasteiger charge is -2.11. The summed E-state index contributed by atoms with van der Waals surface area (Å²) in [6.45, 7) is 0.389. The Balaban J connectivity index is 1.28. The molecule has 30 heavy (non-hydrogen) atoms. The van der Waals surface area contributed by atoms with Crippen molar-refractivity contribution in [3.8, 4) is 28.7 Å². The first kappa shape index (κ1) is 19.2. The lowest BCUT2D eigenvalue weighted by molar-refractivity contribution is 0.347. The minimum atomic E-state index is 0.389. The molecular weight excluding hydrogens is 376 g/mol. The molecule has 5 heteroatoms. The molecule has 0 aliphatic heterocycles. The minimum absolute atomic E-state index is 0.389. The lowest BCUT2D eigenvalue weighted by atomic mass is 10.3. The van der Waals surface area contributed by atoms with Gasteiger partial charge in [0.1, 0.15) is 28.7 Å². The molecule has 0 unspecified atom stereocenters. The van der Waals surface area contributed by atoms with Gasteiger partial charge in [-0.3, -0.25) is 0 Å². The average Bonchev–Trinajstić information content (AvgIpc) is 2.79. The Morgan fingerprint density at radius 1 is 0.533 bits per heavy atom. The third-order valence-corrected chi connectivity index (χ3v) is 4.29. The van der Waals surface area contributed by atoms with Crippen molar-refractivity contribution in [3.63, 3.8) is 0 Å². The molecule has 0 bridgehead atoms. The largest absolute Gasteiger partial charge is 0.473 e. The summed E-state index contributed by atoms with van der Waals surface area (Å²) in [4.78, 5) is 0. The molecule has 0 saturated carbocycles. The number of para-hydroxylation sites is 1. The quantitative estimate of drug-likeness (QED) is 0.269. The summed E-state index contributed by atoms with van der Waals surface area (Å²) in [5.41, 5.74) is 7.34. The number of nitrogens with one attached hydrogen (secondary N) is 1. The van der Waals surface area contributed by atoms with E-state index in [0.29, 0.717) is 12.4 Å². The molecule has 4 aromatic rings. The summed E-state index contributed by atoms with van der Waals surface area (Å²) >= 11 is 0. The standard InChI is InChI=1S/C25H22N2O3/c26-19-6-10-22(11-7-19)29-24-14-16-25(17-15-24)30-23-12-8-20(9-13-23)27-18-28-21-4-2-1-3-5-21/h1-17,27H,18,26H2. The second kappa shape index (κ2) is 9.39. The fourth-order valence-electron chi connectivity index (χ4n) is 2.74. The van der Waals surface area contributed by atoms with Gasteiger partial charge in [-0.2, -0.15) is 0 Å². The van der Waals surface area contributed by atoms with Gasteiger partial charge in [-0.05, 0) is 84.9 Å². The molecule has 0 saturated heterocycles. The lowest BCUT2D eigenvalue weighted by Crippen LogP contribution is -2.08. The van der Waals surface area contributed by atoms with E-state index in [1.54, 1.807) is 12.1 Å². The number of ether oxygens (including phenoxy) is 3. The van der Waals surface area contributed by atoms with Gasteiger partial charge in [-0.25, -0.2) is 0 Å². The van der Waals surface area contributed by atoms with Crippen LogP contribution in [0.4, 0.5) is 11.4 Å². The average molecular weight is 398 g/mol. The van der Waals surface area contributed by atoms with Crippen LogP contribution in [0.5, 0.6) is 28.7 Å². The predicted molar refractivity (Wildman–Crippen MR) is 119 cm³/mol. The number of hydrogen-bond donors (Lipinski definition) is 2. The van der Waals surface area contributed by atoms with Gasteiger partial charge >= 0.3 is 0 Å². The van der Waals surface area contributed by atoms with Gasteiger partial charge in [0.15, 0.2) is 6.73 Å². The van der Waals surface area contributed by atoms with Crippen molar-refractivity contribution in [1.29, 1.82) is 0 Å². The molecule has 0 atom stereocenters. The number of nitrogens with two attached hydrogens (primary N) is 1. The Morgan fingerprint density at radius 3 is 1.53 bits per heavy atom. The number of benzene rings is 4. The second-order valence-corrected chi connectivity index (χ2v) is 6.55. The summed E-state index contributed by atoms with van der Waals surface area (Å²) in [7, 11) is 0. The van der Waals surface area contributed by atoms with Crippen LogP contribution in [0.25, 0.3) is 0 Å². The molecular formula is C25H22N2O3. The molecule has 0 fully saturated rings. The highest BCUT2D eigenvalue weighted by molar-refractivity contribution is 5.47. The van der Waals surface area contributed by atoms with Gasteiger partial charge in [0, 0.05) is 11.4 Å². The van der Waals surface area contributed by atoms with Gasteiger partial charge in [0.2, 0.25) is 0 Å². The van der Waals surface area contributed by atoms with Crippen molar-refractivity contribution in [2.24, 2.45) is 0 Å². The monoisotopic (exact) mass is 398 g/mol. The SMILES string of the molecule is Nc1ccc(Oc2ccc(Oc3ccc(NCOc4ccccc4)cc3)cc2)cc1. The molecule has 150 valence electrons. The minimum Gasteiger partial charge on any atom is -0.473 e. The second-order valence-electron chi connectivity index (χ2n) is 6.55. The fraction of sp³-hybridized carbons (Fsp3) is 0.0400. The van der Waals surface area contributed by atoms with Crippen LogP contribution in [0.3, 0.4) is 0 Å². The Hall–Kier alpha value is -4.12. The summed E-state index contributed by atoms with van der Waals surface area (Å²) in [6.07, 6.45) is 0. The van der Waals surface area contributed by atoms with Crippen LogP contribution in [0.15, 0.2) is 103 Å². The zero-order chi connectivity index (χ0) is 20.6. The van der Waals surface area contributed by atoms with Gasteiger partial charge < -0.3 is 25.3 Å². The normalized spacial score (nSPS) is 10.3. The summed E-state index contributed by atoms with van der Waals surface area (Å²) in [6, 6.07) is 32.1. The number of anilines is 2. The van der Waals surface area contributed by atoms with E-state index in [1.807, 2.05) is 91.0 Å². The van der Waals surface area contributed by atoms with E-state index >= 15 is 0 Å². The zero-order valence-electron chi connectivity index (χ0n) is 16.3. The maximum Gasteiger partial charge on any atom is 0.159 e. The first-order valence-electron chi connectivity index (χ1n) is 9.58. The number of rotatable bonds is 8. The van der Waals surface area contributed by atoms with Crippen LogP contribution in [-0.4, -0.2) is 6.73 Å². The molecule has 4 aromatic carbocycles. The van der Waals surface area contributed by atoms with Crippen LogP contribution in [0, 0.1) is 0 Å². The third kappa shape index (κ3) is 5.45. The van der Waals surface area contributed by atoms with Crippen LogP contribution < -0.4 is 25.3 Å². The highest BCUT2D eigenvalue weighted by atomic mass is 16.5. The van der Waals surface area contributed by atoms with E-state index in [9.17, 15) is 0 Å². The maximum absolute atomic E-state index is 5.90. The summed E-state index contributed by atoms with van der Waals surface area (Å²) in [5.74, 6) is 3.76. The highest BCUT2D eigenvalue weighted by Gasteiger charge is 2.01. The molecule has 3 N–H and O–H groups in total. The first-order chi connectivity index (χ1) is 14.7. The van der Waals surface area contributed by atoms with Crippen LogP contribution in [-0.2, 0) is 0 Å². The van der Waals surface area contributed by atoms with Gasteiger partial charge in [-0.1, -0.05) is 18.2 Å².